The number of fused-ring (bicyclic) bond motifs is 1. The highest BCUT2D eigenvalue weighted by atomic mass is 32.1. The quantitative estimate of drug-likeness (QED) is 0.102. The number of piperidine rings is 1. The smallest absolute Gasteiger partial charge is 0.261 e. The van der Waals surface area contributed by atoms with E-state index >= 15 is 0 Å². The molecule has 6 heteroatoms. The molecule has 220 valence electrons. The second kappa shape index (κ2) is 13.5. The number of benzene rings is 3. The maximum atomic E-state index is 14.1. The van der Waals surface area contributed by atoms with Gasteiger partial charge in [0.25, 0.3) is 8.32 Å². The van der Waals surface area contributed by atoms with Crippen LogP contribution in [0.4, 0.5) is 0 Å². The Morgan fingerprint density at radius 3 is 2.12 bits per heavy atom. The molecule has 1 aliphatic rings. The van der Waals surface area contributed by atoms with Crippen LogP contribution < -0.4 is 10.4 Å². The molecule has 5 rings (SSSR count). The zero-order chi connectivity index (χ0) is 29.6. The van der Waals surface area contributed by atoms with Crippen LogP contribution in [0, 0.1) is 5.92 Å². The molecule has 2 atom stereocenters. The lowest BCUT2D eigenvalue weighted by molar-refractivity contribution is -0.134. The highest BCUT2D eigenvalue weighted by Crippen LogP contribution is 2.39. The molecule has 0 radical (unpaired) electrons. The number of rotatable bonds is 11. The van der Waals surface area contributed by atoms with E-state index in [1.165, 1.54) is 16.8 Å². The van der Waals surface area contributed by atoms with E-state index in [1.807, 2.05) is 24.3 Å². The van der Waals surface area contributed by atoms with Crippen LogP contribution >= 0.6 is 11.3 Å². The number of carbonyl (C=O) groups excluding carboxylic acids is 1. The number of nitrogens with zero attached hydrogens (tertiary/aromatic N) is 2. The Morgan fingerprint density at radius 1 is 0.952 bits per heavy atom. The highest BCUT2D eigenvalue weighted by Gasteiger charge is 2.50. The highest BCUT2D eigenvalue weighted by molar-refractivity contribution is 7.18. The molecule has 42 heavy (non-hydrogen) atoms. The average Bonchev–Trinajstić information content (AvgIpc) is 3.44. The summed E-state index contributed by atoms with van der Waals surface area (Å²) in [6, 6.07) is 29.8. The summed E-state index contributed by atoms with van der Waals surface area (Å²) in [6.45, 7) is 13.5. The molecule has 1 saturated heterocycles. The summed E-state index contributed by atoms with van der Waals surface area (Å²) >= 11 is 1.65. The van der Waals surface area contributed by atoms with Crippen LogP contribution in [0.2, 0.25) is 5.04 Å². The number of thiazole rings is 1. The third kappa shape index (κ3) is 6.31. The van der Waals surface area contributed by atoms with Crippen LogP contribution in [-0.2, 0) is 9.22 Å². The summed E-state index contributed by atoms with van der Waals surface area (Å²) in [5, 5.41) is 3.42. The van der Waals surface area contributed by atoms with Crippen molar-refractivity contribution in [3.8, 4) is 0 Å². The first kappa shape index (κ1) is 30.4. The van der Waals surface area contributed by atoms with E-state index in [2.05, 4.69) is 99.0 Å². The SMILES string of the molecule is C=C[C@H](CCCO[Si](c1ccccc1)(c1ccccc1)C(C)(C)C)[C@H](C(=O)N1CCCCC1)c1nc2ccccc2s1. The number of para-hydroxylation sites is 1. The molecule has 0 N–H and O–H groups in total. The minimum Gasteiger partial charge on any atom is -0.407 e. The van der Waals surface area contributed by atoms with E-state index in [4.69, 9.17) is 9.41 Å². The summed E-state index contributed by atoms with van der Waals surface area (Å²) < 4.78 is 8.29. The lowest BCUT2D eigenvalue weighted by Gasteiger charge is -2.43. The summed E-state index contributed by atoms with van der Waals surface area (Å²) in [7, 11) is -2.60. The fourth-order valence-electron chi connectivity index (χ4n) is 6.53. The summed E-state index contributed by atoms with van der Waals surface area (Å²) in [5.74, 6) is -0.125. The van der Waals surface area contributed by atoms with Gasteiger partial charge in [-0.3, -0.25) is 4.79 Å². The zero-order valence-corrected chi connectivity index (χ0v) is 27.1. The Labute approximate surface area is 256 Å². The van der Waals surface area contributed by atoms with E-state index < -0.39 is 8.32 Å². The fraction of sp³-hybridized carbons (Fsp3) is 0.389. The monoisotopic (exact) mass is 596 g/mol. The summed E-state index contributed by atoms with van der Waals surface area (Å²) in [4.78, 5) is 21.1. The van der Waals surface area contributed by atoms with Gasteiger partial charge >= 0.3 is 0 Å². The van der Waals surface area contributed by atoms with E-state index in [1.54, 1.807) is 11.3 Å². The lowest BCUT2D eigenvalue weighted by atomic mass is 9.87. The van der Waals surface area contributed by atoms with Crippen LogP contribution in [-0.4, -0.2) is 43.8 Å². The number of aromatic nitrogens is 1. The van der Waals surface area contributed by atoms with E-state index in [0.717, 1.165) is 54.0 Å². The molecular weight excluding hydrogens is 553 g/mol. The van der Waals surface area contributed by atoms with Gasteiger partial charge in [-0.05, 0) is 65.6 Å². The topological polar surface area (TPSA) is 42.4 Å². The van der Waals surface area contributed by atoms with Gasteiger partial charge in [-0.1, -0.05) is 99.6 Å². The van der Waals surface area contributed by atoms with E-state index in [0.29, 0.717) is 6.61 Å². The Morgan fingerprint density at radius 2 is 1.55 bits per heavy atom. The maximum absolute atomic E-state index is 14.1. The van der Waals surface area contributed by atoms with Crippen LogP contribution in [0.15, 0.2) is 97.6 Å². The van der Waals surface area contributed by atoms with Crippen molar-refractivity contribution >= 4 is 46.2 Å². The van der Waals surface area contributed by atoms with Gasteiger partial charge in [-0.2, -0.15) is 0 Å². The minimum atomic E-state index is -2.60. The van der Waals surface area contributed by atoms with Crippen molar-refractivity contribution in [1.29, 1.82) is 0 Å². The molecule has 1 aromatic heterocycles. The summed E-state index contributed by atoms with van der Waals surface area (Å²) in [6.07, 6.45) is 6.99. The largest absolute Gasteiger partial charge is 0.407 e. The van der Waals surface area contributed by atoms with E-state index in [-0.39, 0.29) is 22.8 Å². The van der Waals surface area contributed by atoms with Crippen molar-refractivity contribution in [2.75, 3.05) is 19.7 Å². The van der Waals surface area contributed by atoms with Crippen LogP contribution in [0.3, 0.4) is 0 Å². The molecule has 0 spiro atoms. The first-order valence-electron chi connectivity index (χ1n) is 15.4. The molecule has 1 fully saturated rings. The third-order valence-corrected chi connectivity index (χ3v) is 14.8. The van der Waals surface area contributed by atoms with Crippen LogP contribution in [0.5, 0.6) is 0 Å². The predicted molar refractivity (Wildman–Crippen MR) is 179 cm³/mol. The first-order valence-corrected chi connectivity index (χ1v) is 18.1. The molecule has 2 heterocycles. The van der Waals surface area contributed by atoms with Gasteiger partial charge in [0.15, 0.2) is 0 Å². The van der Waals surface area contributed by atoms with Crippen LogP contribution in [0.1, 0.15) is 63.8 Å². The minimum absolute atomic E-state index is 0.0113. The molecule has 0 saturated carbocycles. The Balaban J connectivity index is 1.40. The molecule has 0 bridgehead atoms. The molecule has 4 nitrogen and oxygen atoms in total. The van der Waals surface area contributed by atoms with Gasteiger partial charge in [0.1, 0.15) is 5.01 Å². The number of amides is 1. The molecule has 0 unspecified atom stereocenters. The Bertz CT molecular complexity index is 1390. The second-order valence-corrected chi connectivity index (χ2v) is 17.8. The standard InChI is InChI=1S/C36H44N2O2SSi/c1-5-28(33(35(39)38-25-15-8-16-26-38)34-37-31-23-13-14-24-32(31)41-34)18-17-27-40-42(36(2,3)4,29-19-9-6-10-20-29)30-21-11-7-12-22-30/h5-7,9-14,19-24,28,33H,1,8,15-18,25-27H2,2-4H3/t28-,33+/m1/s1. The number of hydrogen-bond acceptors (Lipinski definition) is 4. The molecule has 1 amide bonds. The number of carbonyl (C=O) groups is 1. The number of likely N-dealkylation sites (tertiary alicyclic amines) is 1. The molecule has 0 aliphatic carbocycles. The number of allylic oxidation sites excluding steroid dienone is 1. The lowest BCUT2D eigenvalue weighted by Crippen LogP contribution is -2.66. The predicted octanol–water partition coefficient (Wildman–Crippen LogP) is 7.55. The number of hydrogen-bond donors (Lipinski definition) is 0. The average molecular weight is 597 g/mol. The first-order chi connectivity index (χ1) is 20.3. The Kier molecular flexibility index (Phi) is 9.76. The summed E-state index contributed by atoms with van der Waals surface area (Å²) in [5.41, 5.74) is 0.965. The second-order valence-electron chi connectivity index (χ2n) is 12.4. The third-order valence-electron chi connectivity index (χ3n) is 8.66. The van der Waals surface area contributed by atoms with Crippen molar-refractivity contribution < 1.29 is 9.22 Å². The van der Waals surface area contributed by atoms with Crippen molar-refractivity contribution in [1.82, 2.24) is 9.88 Å². The Hall–Kier alpha value is -3.06. The van der Waals surface area contributed by atoms with Gasteiger partial charge in [0.2, 0.25) is 5.91 Å². The molecule has 4 aromatic rings. The molecular formula is C36H44N2O2SSi. The van der Waals surface area contributed by atoms with Gasteiger partial charge in [-0.15, -0.1) is 17.9 Å². The molecule has 1 aliphatic heterocycles. The zero-order valence-electron chi connectivity index (χ0n) is 25.3. The van der Waals surface area contributed by atoms with Gasteiger partial charge in [0, 0.05) is 19.7 Å². The normalized spacial score (nSPS) is 15.8. The van der Waals surface area contributed by atoms with Gasteiger partial charge in [0.05, 0.1) is 16.1 Å². The van der Waals surface area contributed by atoms with E-state index in [9.17, 15) is 4.79 Å². The van der Waals surface area contributed by atoms with Gasteiger partial charge < -0.3 is 9.33 Å². The van der Waals surface area contributed by atoms with Gasteiger partial charge in [-0.25, -0.2) is 4.98 Å². The van der Waals surface area contributed by atoms with Crippen molar-refractivity contribution in [2.24, 2.45) is 5.92 Å². The van der Waals surface area contributed by atoms with Crippen molar-refractivity contribution in [3.63, 3.8) is 0 Å². The van der Waals surface area contributed by atoms with Crippen molar-refractivity contribution in [3.05, 3.63) is 103 Å². The molecule has 3 aromatic carbocycles. The van der Waals surface area contributed by atoms with Crippen molar-refractivity contribution in [2.45, 2.75) is 63.8 Å². The fourth-order valence-corrected chi connectivity index (χ4v) is 12.3. The maximum Gasteiger partial charge on any atom is 0.261 e. The van der Waals surface area contributed by atoms with Crippen LogP contribution in [0.25, 0.3) is 10.2 Å².